The third kappa shape index (κ3) is 2.52. The zero-order valence-corrected chi connectivity index (χ0v) is 9.63. The molecule has 2 nitrogen and oxygen atoms in total. The van der Waals surface area contributed by atoms with Crippen LogP contribution in [0, 0.1) is 11.6 Å². The van der Waals surface area contributed by atoms with Gasteiger partial charge in [0.15, 0.2) is 5.78 Å². The lowest BCUT2D eigenvalue weighted by atomic mass is 9.88. The SMILES string of the molecule is CC1(C(=O)c2cc(F)cc(F)c2)CCCCO1. The highest BCUT2D eigenvalue weighted by Crippen LogP contribution is 2.28. The Hall–Kier alpha value is -1.29. The highest BCUT2D eigenvalue weighted by Gasteiger charge is 2.36. The topological polar surface area (TPSA) is 26.3 Å². The molecule has 1 fully saturated rings. The van der Waals surface area contributed by atoms with Crippen molar-refractivity contribution >= 4 is 5.78 Å². The monoisotopic (exact) mass is 240 g/mol. The molecular formula is C13H14F2O2. The number of rotatable bonds is 2. The van der Waals surface area contributed by atoms with E-state index in [2.05, 4.69) is 0 Å². The molecule has 0 bridgehead atoms. The zero-order chi connectivity index (χ0) is 12.5. The summed E-state index contributed by atoms with van der Waals surface area (Å²) in [4.78, 5) is 12.2. The normalized spacial score (nSPS) is 24.6. The largest absolute Gasteiger partial charge is 0.367 e. The molecule has 0 radical (unpaired) electrons. The van der Waals surface area contributed by atoms with Gasteiger partial charge in [0, 0.05) is 18.2 Å². The molecular weight excluding hydrogens is 226 g/mol. The third-order valence-corrected chi connectivity index (χ3v) is 3.07. The van der Waals surface area contributed by atoms with Crippen LogP contribution in [-0.2, 0) is 4.74 Å². The molecule has 2 rings (SSSR count). The van der Waals surface area contributed by atoms with Gasteiger partial charge >= 0.3 is 0 Å². The number of Topliss-reactive ketones (excluding diaryl/α,β-unsaturated/α-hetero) is 1. The average molecular weight is 240 g/mol. The summed E-state index contributed by atoms with van der Waals surface area (Å²) in [6, 6.07) is 2.85. The van der Waals surface area contributed by atoms with Crippen molar-refractivity contribution < 1.29 is 18.3 Å². The minimum atomic E-state index is -0.946. The number of halogens is 2. The second kappa shape index (κ2) is 4.53. The first kappa shape index (κ1) is 12.2. The molecule has 1 aliphatic heterocycles. The molecule has 0 amide bonds. The third-order valence-electron chi connectivity index (χ3n) is 3.07. The first-order chi connectivity index (χ1) is 8.01. The van der Waals surface area contributed by atoms with Gasteiger partial charge in [-0.25, -0.2) is 8.78 Å². The molecule has 1 unspecified atom stereocenters. The van der Waals surface area contributed by atoms with E-state index < -0.39 is 17.2 Å². The number of hydrogen-bond acceptors (Lipinski definition) is 2. The second-order valence-electron chi connectivity index (χ2n) is 4.52. The fourth-order valence-corrected chi connectivity index (χ4v) is 2.10. The Balaban J connectivity index is 2.29. The van der Waals surface area contributed by atoms with E-state index in [0.29, 0.717) is 13.0 Å². The van der Waals surface area contributed by atoms with Crippen molar-refractivity contribution in [2.24, 2.45) is 0 Å². The highest BCUT2D eigenvalue weighted by atomic mass is 19.1. The van der Waals surface area contributed by atoms with Crippen LogP contribution in [0.5, 0.6) is 0 Å². The lowest BCUT2D eigenvalue weighted by Gasteiger charge is -2.32. The fraction of sp³-hybridized carbons (Fsp3) is 0.462. The van der Waals surface area contributed by atoms with E-state index in [9.17, 15) is 13.6 Å². The van der Waals surface area contributed by atoms with Crippen LogP contribution in [0.25, 0.3) is 0 Å². The Morgan fingerprint density at radius 3 is 2.41 bits per heavy atom. The Morgan fingerprint density at radius 1 is 1.24 bits per heavy atom. The number of ketones is 1. The van der Waals surface area contributed by atoms with Gasteiger partial charge in [-0.15, -0.1) is 0 Å². The standard InChI is InChI=1S/C13H14F2O2/c1-13(4-2-3-5-17-13)12(16)9-6-10(14)8-11(15)7-9/h6-8H,2-5H2,1H3. The molecule has 17 heavy (non-hydrogen) atoms. The van der Waals surface area contributed by atoms with Gasteiger partial charge in [-0.3, -0.25) is 4.79 Å². The summed E-state index contributed by atoms with van der Waals surface area (Å²) in [6.45, 7) is 2.19. The van der Waals surface area contributed by atoms with E-state index in [1.54, 1.807) is 6.92 Å². The van der Waals surface area contributed by atoms with E-state index in [0.717, 1.165) is 31.0 Å². The maximum Gasteiger partial charge on any atom is 0.194 e. The van der Waals surface area contributed by atoms with Crippen molar-refractivity contribution in [2.45, 2.75) is 31.8 Å². The molecule has 1 aromatic rings. The summed E-state index contributed by atoms with van der Waals surface area (Å²) >= 11 is 0. The number of hydrogen-bond donors (Lipinski definition) is 0. The van der Waals surface area contributed by atoms with Crippen LogP contribution in [0.2, 0.25) is 0 Å². The number of ether oxygens (including phenoxy) is 1. The molecule has 0 spiro atoms. The molecule has 1 aromatic carbocycles. The molecule has 0 aliphatic carbocycles. The summed E-state index contributed by atoms with van der Waals surface area (Å²) in [6.07, 6.45) is 2.39. The Labute approximate surface area is 98.6 Å². The Bertz CT molecular complexity index is 417. The van der Waals surface area contributed by atoms with E-state index in [4.69, 9.17) is 4.74 Å². The first-order valence-corrected chi connectivity index (χ1v) is 5.66. The molecule has 1 saturated heterocycles. The highest BCUT2D eigenvalue weighted by molar-refractivity contribution is 6.02. The van der Waals surface area contributed by atoms with Gasteiger partial charge in [0.25, 0.3) is 0 Å². The fourth-order valence-electron chi connectivity index (χ4n) is 2.10. The predicted molar refractivity (Wildman–Crippen MR) is 58.9 cm³/mol. The summed E-state index contributed by atoms with van der Waals surface area (Å²) < 4.78 is 31.6. The average Bonchev–Trinajstić information content (AvgIpc) is 2.27. The lowest BCUT2D eigenvalue weighted by molar-refractivity contribution is -0.0426. The van der Waals surface area contributed by atoms with Crippen LogP contribution in [0.4, 0.5) is 8.78 Å². The van der Waals surface area contributed by atoms with Crippen LogP contribution >= 0.6 is 0 Å². The van der Waals surface area contributed by atoms with E-state index >= 15 is 0 Å². The molecule has 4 heteroatoms. The van der Waals surface area contributed by atoms with E-state index in [-0.39, 0.29) is 11.3 Å². The minimum Gasteiger partial charge on any atom is -0.367 e. The number of carbonyl (C=O) groups is 1. The summed E-state index contributed by atoms with van der Waals surface area (Å²) in [5.41, 5.74) is -0.912. The Morgan fingerprint density at radius 2 is 1.88 bits per heavy atom. The van der Waals surface area contributed by atoms with Crippen molar-refractivity contribution in [1.29, 1.82) is 0 Å². The van der Waals surface area contributed by atoms with Gasteiger partial charge in [-0.1, -0.05) is 0 Å². The maximum absolute atomic E-state index is 13.0. The van der Waals surface area contributed by atoms with Crippen molar-refractivity contribution in [3.05, 3.63) is 35.4 Å². The maximum atomic E-state index is 13.0. The van der Waals surface area contributed by atoms with Gasteiger partial charge in [0.1, 0.15) is 17.2 Å². The van der Waals surface area contributed by atoms with Crippen molar-refractivity contribution in [3.8, 4) is 0 Å². The van der Waals surface area contributed by atoms with Gasteiger partial charge in [-0.2, -0.15) is 0 Å². The molecule has 1 atom stereocenters. The van der Waals surface area contributed by atoms with Gasteiger partial charge in [0.05, 0.1) is 0 Å². The molecule has 0 aromatic heterocycles. The zero-order valence-electron chi connectivity index (χ0n) is 9.63. The van der Waals surface area contributed by atoms with E-state index in [1.165, 1.54) is 0 Å². The summed E-state index contributed by atoms with van der Waals surface area (Å²) in [5.74, 6) is -1.84. The molecule has 1 heterocycles. The Kier molecular flexibility index (Phi) is 3.24. The van der Waals surface area contributed by atoms with Gasteiger partial charge in [0.2, 0.25) is 0 Å². The lowest BCUT2D eigenvalue weighted by Crippen LogP contribution is -2.41. The van der Waals surface area contributed by atoms with Crippen molar-refractivity contribution in [3.63, 3.8) is 0 Å². The number of benzene rings is 1. The van der Waals surface area contributed by atoms with Gasteiger partial charge < -0.3 is 4.74 Å². The molecule has 92 valence electrons. The van der Waals surface area contributed by atoms with Crippen molar-refractivity contribution in [1.82, 2.24) is 0 Å². The van der Waals surface area contributed by atoms with Crippen LogP contribution in [0.15, 0.2) is 18.2 Å². The molecule has 1 aliphatic rings. The van der Waals surface area contributed by atoms with Crippen LogP contribution in [0.1, 0.15) is 36.5 Å². The van der Waals surface area contributed by atoms with Crippen LogP contribution in [-0.4, -0.2) is 18.0 Å². The van der Waals surface area contributed by atoms with Crippen LogP contribution in [0.3, 0.4) is 0 Å². The van der Waals surface area contributed by atoms with Crippen molar-refractivity contribution in [2.75, 3.05) is 6.61 Å². The summed E-state index contributed by atoms with van der Waals surface area (Å²) in [5, 5.41) is 0. The van der Waals surface area contributed by atoms with Crippen LogP contribution < -0.4 is 0 Å². The van der Waals surface area contributed by atoms with Gasteiger partial charge in [-0.05, 0) is 38.3 Å². The molecule has 0 N–H and O–H groups in total. The smallest absolute Gasteiger partial charge is 0.194 e. The van der Waals surface area contributed by atoms with E-state index in [1.807, 2.05) is 0 Å². The first-order valence-electron chi connectivity index (χ1n) is 5.66. The number of carbonyl (C=O) groups excluding carboxylic acids is 1. The molecule has 0 saturated carbocycles. The second-order valence-corrected chi connectivity index (χ2v) is 4.52. The quantitative estimate of drug-likeness (QED) is 0.742. The minimum absolute atomic E-state index is 0.0342. The predicted octanol–water partition coefficient (Wildman–Crippen LogP) is 3.11. The summed E-state index contributed by atoms with van der Waals surface area (Å²) in [7, 11) is 0.